The lowest BCUT2D eigenvalue weighted by Gasteiger charge is -2.21. The van der Waals surface area contributed by atoms with Crippen molar-refractivity contribution in [3.05, 3.63) is 29.8 Å². The number of hydrogen-bond donors (Lipinski definition) is 1. The number of anilines is 1. The van der Waals surface area contributed by atoms with E-state index < -0.39 is 0 Å². The molecule has 1 heterocycles. The number of amides is 2. The van der Waals surface area contributed by atoms with Crippen LogP contribution < -0.4 is 10.2 Å². The van der Waals surface area contributed by atoms with Gasteiger partial charge in [-0.15, -0.1) is 0 Å². The molecule has 0 aliphatic carbocycles. The first-order valence-corrected chi connectivity index (χ1v) is 7.65. The van der Waals surface area contributed by atoms with Crippen LogP contribution in [0, 0.1) is 0 Å². The summed E-state index contributed by atoms with van der Waals surface area (Å²) in [6.45, 7) is 2.87. The van der Waals surface area contributed by atoms with E-state index in [1.807, 2.05) is 30.0 Å². The van der Waals surface area contributed by atoms with Gasteiger partial charge in [0.15, 0.2) is 0 Å². The van der Waals surface area contributed by atoms with Gasteiger partial charge in [-0.3, -0.25) is 9.59 Å². The van der Waals surface area contributed by atoms with E-state index in [0.717, 1.165) is 23.6 Å². The van der Waals surface area contributed by atoms with E-state index in [1.54, 1.807) is 11.0 Å². The molecule has 0 saturated heterocycles. The highest BCUT2D eigenvalue weighted by Crippen LogP contribution is 2.23. The molecule has 1 N–H and O–H groups in total. The van der Waals surface area contributed by atoms with Crippen molar-refractivity contribution < 1.29 is 9.59 Å². The monoisotopic (exact) mass is 278 g/mol. The lowest BCUT2D eigenvalue weighted by atomic mass is 10.1. The molecule has 2 amide bonds. The number of thioether (sulfide) groups is 1. The number of benzene rings is 1. The Hall–Kier alpha value is -1.49. The van der Waals surface area contributed by atoms with E-state index in [-0.39, 0.29) is 18.4 Å². The van der Waals surface area contributed by atoms with Gasteiger partial charge in [-0.1, -0.05) is 19.1 Å². The summed E-state index contributed by atoms with van der Waals surface area (Å²) in [6, 6.07) is 7.28. The minimum Gasteiger partial charge on any atom is -0.343 e. The molecule has 0 saturated carbocycles. The van der Waals surface area contributed by atoms with Crippen molar-refractivity contribution in [1.29, 1.82) is 0 Å². The molecule has 0 atom stereocenters. The summed E-state index contributed by atoms with van der Waals surface area (Å²) in [4.78, 5) is 25.7. The third kappa shape index (κ3) is 3.29. The molecule has 5 heteroatoms. The standard InChI is InChI=1S/C14H18N2O2S/c1-2-19-9-5-8-16-12-7-4-3-6-11(12)14(18)15-10-13(16)17/h3-4,6-7H,2,5,8-10H2,1H3,(H,15,18). The van der Waals surface area contributed by atoms with E-state index in [1.165, 1.54) is 0 Å². The Morgan fingerprint density at radius 3 is 2.89 bits per heavy atom. The Morgan fingerprint density at radius 1 is 1.32 bits per heavy atom. The summed E-state index contributed by atoms with van der Waals surface area (Å²) in [5, 5.41) is 2.65. The van der Waals surface area contributed by atoms with Crippen molar-refractivity contribution in [1.82, 2.24) is 5.32 Å². The Bertz CT molecular complexity index is 476. The molecular formula is C14H18N2O2S. The van der Waals surface area contributed by atoms with Crippen molar-refractivity contribution in [2.45, 2.75) is 13.3 Å². The smallest absolute Gasteiger partial charge is 0.253 e. The average molecular weight is 278 g/mol. The first-order chi connectivity index (χ1) is 9.24. The zero-order chi connectivity index (χ0) is 13.7. The van der Waals surface area contributed by atoms with Crippen LogP contribution in [0.3, 0.4) is 0 Å². The Kier molecular flexibility index (Phi) is 4.85. The number of hydrogen-bond acceptors (Lipinski definition) is 3. The van der Waals surface area contributed by atoms with Gasteiger partial charge in [-0.25, -0.2) is 0 Å². The summed E-state index contributed by atoms with van der Waals surface area (Å²) in [5.41, 5.74) is 1.31. The summed E-state index contributed by atoms with van der Waals surface area (Å²) in [7, 11) is 0. The highest BCUT2D eigenvalue weighted by molar-refractivity contribution is 7.99. The van der Waals surface area contributed by atoms with Crippen LogP contribution in [0.15, 0.2) is 24.3 Å². The Balaban J connectivity index is 2.17. The number of nitrogens with one attached hydrogen (secondary N) is 1. The fourth-order valence-corrected chi connectivity index (χ4v) is 2.72. The van der Waals surface area contributed by atoms with Crippen molar-refractivity contribution in [2.24, 2.45) is 0 Å². The topological polar surface area (TPSA) is 49.4 Å². The summed E-state index contributed by atoms with van der Waals surface area (Å²) in [5.74, 6) is 1.91. The number of rotatable bonds is 5. The predicted octanol–water partition coefficient (Wildman–Crippen LogP) is 1.91. The maximum absolute atomic E-state index is 12.1. The average Bonchev–Trinajstić information content (AvgIpc) is 2.55. The van der Waals surface area contributed by atoms with Crippen LogP contribution in [0.5, 0.6) is 0 Å². The van der Waals surface area contributed by atoms with Gasteiger partial charge in [0, 0.05) is 6.54 Å². The maximum atomic E-state index is 12.1. The number of para-hydroxylation sites is 1. The van der Waals surface area contributed by atoms with Gasteiger partial charge in [-0.05, 0) is 30.1 Å². The van der Waals surface area contributed by atoms with Crippen molar-refractivity contribution in [2.75, 3.05) is 29.5 Å². The molecule has 19 heavy (non-hydrogen) atoms. The first kappa shape index (κ1) is 13.9. The highest BCUT2D eigenvalue weighted by atomic mass is 32.2. The third-order valence-electron chi connectivity index (χ3n) is 3.02. The number of nitrogens with zero attached hydrogens (tertiary/aromatic N) is 1. The third-order valence-corrected chi connectivity index (χ3v) is 4.00. The van der Waals surface area contributed by atoms with Crippen LogP contribution in [0.1, 0.15) is 23.7 Å². The van der Waals surface area contributed by atoms with Crippen molar-refractivity contribution in [3.8, 4) is 0 Å². The molecule has 1 aromatic carbocycles. The van der Waals surface area contributed by atoms with E-state index in [4.69, 9.17) is 0 Å². The van der Waals surface area contributed by atoms with Gasteiger partial charge in [0.05, 0.1) is 17.8 Å². The van der Waals surface area contributed by atoms with Crippen LogP contribution in [-0.4, -0.2) is 36.4 Å². The van der Waals surface area contributed by atoms with Crippen LogP contribution in [0.4, 0.5) is 5.69 Å². The molecule has 4 nitrogen and oxygen atoms in total. The van der Waals surface area contributed by atoms with E-state index in [0.29, 0.717) is 12.1 Å². The molecule has 102 valence electrons. The SMILES string of the molecule is CCSCCCN1C(=O)CNC(=O)c2ccccc21. The van der Waals surface area contributed by atoms with E-state index >= 15 is 0 Å². The quantitative estimate of drug-likeness (QED) is 0.837. The summed E-state index contributed by atoms with van der Waals surface area (Å²) in [6.07, 6.45) is 0.937. The summed E-state index contributed by atoms with van der Waals surface area (Å²) >= 11 is 1.86. The van der Waals surface area contributed by atoms with Crippen LogP contribution in [0.2, 0.25) is 0 Å². The van der Waals surface area contributed by atoms with Crippen LogP contribution in [-0.2, 0) is 4.79 Å². The van der Waals surface area contributed by atoms with Gasteiger partial charge in [-0.2, -0.15) is 11.8 Å². The van der Waals surface area contributed by atoms with Crippen molar-refractivity contribution >= 4 is 29.3 Å². The second kappa shape index (κ2) is 6.61. The molecule has 1 aliphatic heterocycles. The largest absolute Gasteiger partial charge is 0.343 e. The maximum Gasteiger partial charge on any atom is 0.253 e. The molecule has 2 rings (SSSR count). The lowest BCUT2D eigenvalue weighted by molar-refractivity contribution is -0.117. The van der Waals surface area contributed by atoms with Crippen molar-refractivity contribution in [3.63, 3.8) is 0 Å². The first-order valence-electron chi connectivity index (χ1n) is 6.49. The molecule has 0 spiro atoms. The number of fused-ring (bicyclic) bond motifs is 1. The summed E-state index contributed by atoms with van der Waals surface area (Å²) < 4.78 is 0. The normalized spacial score (nSPS) is 14.9. The van der Waals surface area contributed by atoms with Crippen LogP contribution >= 0.6 is 11.8 Å². The van der Waals surface area contributed by atoms with E-state index in [9.17, 15) is 9.59 Å². The van der Waals surface area contributed by atoms with Gasteiger partial charge in [0.25, 0.3) is 5.91 Å². The second-order valence-corrected chi connectivity index (χ2v) is 5.69. The van der Waals surface area contributed by atoms with E-state index in [2.05, 4.69) is 12.2 Å². The fourth-order valence-electron chi connectivity index (χ4n) is 2.10. The zero-order valence-electron chi connectivity index (χ0n) is 11.0. The Labute approximate surface area is 117 Å². The van der Waals surface area contributed by atoms with Gasteiger partial charge in [0.2, 0.25) is 5.91 Å². The minimum absolute atomic E-state index is 0.0419. The number of carbonyl (C=O) groups is 2. The lowest BCUT2D eigenvalue weighted by Crippen LogP contribution is -2.37. The molecule has 0 unspecified atom stereocenters. The van der Waals surface area contributed by atoms with Gasteiger partial charge >= 0.3 is 0 Å². The molecule has 0 radical (unpaired) electrons. The Morgan fingerprint density at radius 2 is 2.11 bits per heavy atom. The minimum atomic E-state index is -0.172. The molecule has 0 bridgehead atoms. The fraction of sp³-hybridized carbons (Fsp3) is 0.429. The molecular weight excluding hydrogens is 260 g/mol. The molecule has 1 aliphatic rings. The van der Waals surface area contributed by atoms with Gasteiger partial charge in [0.1, 0.15) is 0 Å². The number of carbonyl (C=O) groups excluding carboxylic acids is 2. The molecule has 0 aromatic heterocycles. The zero-order valence-corrected chi connectivity index (χ0v) is 11.8. The second-order valence-electron chi connectivity index (χ2n) is 4.30. The van der Waals surface area contributed by atoms with Crippen LogP contribution in [0.25, 0.3) is 0 Å². The highest BCUT2D eigenvalue weighted by Gasteiger charge is 2.25. The molecule has 1 aromatic rings. The predicted molar refractivity (Wildman–Crippen MR) is 78.7 cm³/mol. The molecule has 0 fully saturated rings. The van der Waals surface area contributed by atoms with Gasteiger partial charge < -0.3 is 10.2 Å².